The van der Waals surface area contributed by atoms with E-state index in [1.54, 1.807) is 20.8 Å². The van der Waals surface area contributed by atoms with Gasteiger partial charge in [0.1, 0.15) is 0 Å². The van der Waals surface area contributed by atoms with Crippen molar-refractivity contribution in [1.29, 1.82) is 0 Å². The summed E-state index contributed by atoms with van der Waals surface area (Å²) in [5.74, 6) is -1.03. The van der Waals surface area contributed by atoms with Crippen molar-refractivity contribution in [3.05, 3.63) is 0 Å². The quantitative estimate of drug-likeness (QED) is 0.710. The molecule has 1 atom stereocenters. The molecule has 0 aromatic heterocycles. The minimum absolute atomic E-state index is 0.222. The van der Waals surface area contributed by atoms with Crippen molar-refractivity contribution < 1.29 is 24.2 Å². The average molecular weight is 220 g/mol. The molecule has 1 N–H and O–H groups in total. The number of carboxylic acids is 1. The number of esters is 1. The first-order valence-corrected chi connectivity index (χ1v) is 4.99. The zero-order valence-electron chi connectivity index (χ0n) is 9.78. The molecule has 0 saturated carbocycles. The topological polar surface area (TPSA) is 72.8 Å². The molecule has 5 heteroatoms. The van der Waals surface area contributed by atoms with Crippen molar-refractivity contribution in [1.82, 2.24) is 0 Å². The first-order valence-electron chi connectivity index (χ1n) is 4.99. The van der Waals surface area contributed by atoms with Crippen LogP contribution in [-0.4, -0.2) is 36.4 Å². The molecule has 0 aliphatic carbocycles. The molecule has 0 rings (SSSR count). The van der Waals surface area contributed by atoms with Crippen molar-refractivity contribution in [2.75, 3.05) is 13.2 Å². The first kappa shape index (κ1) is 16.3. The van der Waals surface area contributed by atoms with Crippen molar-refractivity contribution in [3.8, 4) is 0 Å². The number of carbonyl (C=O) groups is 2. The molecule has 90 valence electrons. The number of rotatable bonds is 5. The van der Waals surface area contributed by atoms with Gasteiger partial charge < -0.3 is 14.6 Å². The molecule has 0 aromatic carbocycles. The third-order valence-electron chi connectivity index (χ3n) is 1.34. The Kier molecular flexibility index (Phi) is 12.0. The van der Waals surface area contributed by atoms with Gasteiger partial charge in [0.05, 0.1) is 6.61 Å². The highest BCUT2D eigenvalue weighted by molar-refractivity contribution is 5.74. The summed E-state index contributed by atoms with van der Waals surface area (Å²) in [5.41, 5.74) is 0. The van der Waals surface area contributed by atoms with Crippen LogP contribution < -0.4 is 0 Å². The first-order chi connectivity index (χ1) is 6.99. The van der Waals surface area contributed by atoms with E-state index < -0.39 is 12.1 Å². The highest BCUT2D eigenvalue weighted by atomic mass is 16.6. The lowest BCUT2D eigenvalue weighted by Gasteiger charge is -2.08. The highest BCUT2D eigenvalue weighted by Crippen LogP contribution is 1.93. The molecular weight excluding hydrogens is 200 g/mol. The van der Waals surface area contributed by atoms with E-state index in [1.165, 1.54) is 0 Å². The van der Waals surface area contributed by atoms with E-state index in [0.717, 1.165) is 0 Å². The molecular formula is C10H20O5. The van der Waals surface area contributed by atoms with E-state index in [4.69, 9.17) is 14.6 Å². The number of hydrogen-bond acceptors (Lipinski definition) is 4. The fourth-order valence-electron chi connectivity index (χ4n) is 0.578. The minimum Gasteiger partial charge on any atom is -0.481 e. The van der Waals surface area contributed by atoms with Gasteiger partial charge >= 0.3 is 11.9 Å². The van der Waals surface area contributed by atoms with E-state index in [0.29, 0.717) is 13.2 Å². The lowest BCUT2D eigenvalue weighted by Crippen LogP contribution is -2.23. The summed E-state index contributed by atoms with van der Waals surface area (Å²) in [5, 5.41) is 7.72. The summed E-state index contributed by atoms with van der Waals surface area (Å²) in [6.07, 6.45) is -0.204. The van der Waals surface area contributed by atoms with Crippen LogP contribution >= 0.6 is 0 Å². The molecule has 15 heavy (non-hydrogen) atoms. The third-order valence-corrected chi connectivity index (χ3v) is 1.34. The predicted molar refractivity (Wildman–Crippen MR) is 55.6 cm³/mol. The van der Waals surface area contributed by atoms with Crippen molar-refractivity contribution in [3.63, 3.8) is 0 Å². The zero-order chi connectivity index (χ0) is 12.3. The lowest BCUT2D eigenvalue weighted by atomic mass is 10.4. The summed E-state index contributed by atoms with van der Waals surface area (Å²) in [4.78, 5) is 20.2. The maximum Gasteiger partial charge on any atom is 0.334 e. The molecule has 0 aromatic rings. The minimum atomic E-state index is -0.745. The van der Waals surface area contributed by atoms with E-state index in [9.17, 15) is 9.59 Å². The predicted octanol–water partition coefficient (Wildman–Crippen LogP) is 1.46. The lowest BCUT2D eigenvalue weighted by molar-refractivity contribution is -0.155. The molecule has 0 aliphatic rings. The fraction of sp³-hybridized carbons (Fsp3) is 0.800. The Bertz CT molecular complexity index is 179. The van der Waals surface area contributed by atoms with E-state index in [2.05, 4.69) is 0 Å². The van der Waals surface area contributed by atoms with Gasteiger partial charge in [-0.15, -0.1) is 0 Å². The standard InChI is InChI=1S/C7H14O3.C3H6O2/c1-4-9-6(3)7(8)10-5-2;1-2-3(4)5/h6H,4-5H2,1-3H3;2H2,1H3,(H,4,5). The monoisotopic (exact) mass is 220 g/mol. The Morgan fingerprint density at radius 2 is 1.67 bits per heavy atom. The SMILES string of the molecule is CCC(=O)O.CCOC(=O)C(C)OCC. The van der Waals surface area contributed by atoms with Gasteiger partial charge in [0, 0.05) is 13.0 Å². The average Bonchev–Trinajstić information content (AvgIpc) is 2.19. The Labute approximate surface area is 90.4 Å². The number of carboxylic acid groups (broad SMARTS) is 1. The second kappa shape index (κ2) is 11.0. The molecule has 5 nitrogen and oxygen atoms in total. The smallest absolute Gasteiger partial charge is 0.334 e. The van der Waals surface area contributed by atoms with Crippen molar-refractivity contribution in [2.45, 2.75) is 40.2 Å². The number of carbonyl (C=O) groups excluding carboxylic acids is 1. The van der Waals surface area contributed by atoms with Gasteiger partial charge in [-0.05, 0) is 20.8 Å². The number of aliphatic carboxylic acids is 1. The molecule has 0 fully saturated rings. The fourth-order valence-corrected chi connectivity index (χ4v) is 0.578. The summed E-state index contributed by atoms with van der Waals surface area (Å²) in [7, 11) is 0. The van der Waals surface area contributed by atoms with Crippen LogP contribution in [0.1, 0.15) is 34.1 Å². The van der Waals surface area contributed by atoms with Gasteiger partial charge in [-0.3, -0.25) is 4.79 Å². The Hall–Kier alpha value is -1.10. The summed E-state index contributed by atoms with van der Waals surface area (Å²) in [6, 6.07) is 0. The third kappa shape index (κ3) is 12.9. The van der Waals surface area contributed by atoms with Crippen LogP contribution in [0.4, 0.5) is 0 Å². The van der Waals surface area contributed by atoms with Crippen LogP contribution in [0.2, 0.25) is 0 Å². The summed E-state index contributed by atoms with van der Waals surface area (Å²) in [6.45, 7) is 7.85. The normalized spacial score (nSPS) is 10.9. The molecule has 0 radical (unpaired) electrons. The Morgan fingerprint density at radius 3 is 1.93 bits per heavy atom. The van der Waals surface area contributed by atoms with Gasteiger partial charge in [0.15, 0.2) is 6.10 Å². The largest absolute Gasteiger partial charge is 0.481 e. The second-order valence-electron chi connectivity index (χ2n) is 2.60. The molecule has 0 spiro atoms. The van der Waals surface area contributed by atoms with Crippen LogP contribution in [0.15, 0.2) is 0 Å². The summed E-state index contributed by atoms with van der Waals surface area (Å²) < 4.78 is 9.67. The van der Waals surface area contributed by atoms with Gasteiger partial charge in [0.2, 0.25) is 0 Å². The van der Waals surface area contributed by atoms with Crippen LogP contribution in [0.25, 0.3) is 0 Å². The van der Waals surface area contributed by atoms with Gasteiger partial charge in [-0.1, -0.05) is 6.92 Å². The second-order valence-corrected chi connectivity index (χ2v) is 2.60. The number of hydrogen-bond donors (Lipinski definition) is 1. The van der Waals surface area contributed by atoms with E-state index >= 15 is 0 Å². The summed E-state index contributed by atoms with van der Waals surface area (Å²) >= 11 is 0. The van der Waals surface area contributed by atoms with Crippen molar-refractivity contribution in [2.24, 2.45) is 0 Å². The molecule has 0 aliphatic heterocycles. The zero-order valence-corrected chi connectivity index (χ0v) is 9.78. The van der Waals surface area contributed by atoms with Crippen LogP contribution in [0, 0.1) is 0 Å². The van der Waals surface area contributed by atoms with Crippen LogP contribution in [-0.2, 0) is 19.1 Å². The van der Waals surface area contributed by atoms with E-state index in [-0.39, 0.29) is 12.4 Å². The maximum atomic E-state index is 10.8. The molecule has 0 amide bonds. The highest BCUT2D eigenvalue weighted by Gasteiger charge is 2.12. The van der Waals surface area contributed by atoms with Gasteiger partial charge in [-0.2, -0.15) is 0 Å². The molecule has 0 heterocycles. The number of ether oxygens (including phenoxy) is 2. The molecule has 0 saturated heterocycles. The van der Waals surface area contributed by atoms with Gasteiger partial charge in [0.25, 0.3) is 0 Å². The maximum absolute atomic E-state index is 10.8. The van der Waals surface area contributed by atoms with Crippen LogP contribution in [0.3, 0.4) is 0 Å². The van der Waals surface area contributed by atoms with Crippen LogP contribution in [0.5, 0.6) is 0 Å². The Balaban J connectivity index is 0. The van der Waals surface area contributed by atoms with Gasteiger partial charge in [-0.25, -0.2) is 4.79 Å². The Morgan fingerprint density at radius 1 is 1.20 bits per heavy atom. The molecule has 0 bridgehead atoms. The van der Waals surface area contributed by atoms with Crippen molar-refractivity contribution >= 4 is 11.9 Å². The van der Waals surface area contributed by atoms with E-state index in [1.807, 2.05) is 6.92 Å². The molecule has 1 unspecified atom stereocenters.